The molecule has 6 unspecified atom stereocenters. The Balaban J connectivity index is 2.44. The molecule has 0 aliphatic heterocycles. The van der Waals surface area contributed by atoms with Gasteiger partial charge in [0.1, 0.15) is 42.7 Å². The summed E-state index contributed by atoms with van der Waals surface area (Å²) in [6.07, 6.45) is 40.6. The number of rotatable bonds is 37. The summed E-state index contributed by atoms with van der Waals surface area (Å²) in [5, 5.41) is 50.1. The number of carbonyl (C=O) groups excluding carboxylic acids is 1. The lowest BCUT2D eigenvalue weighted by Crippen LogP contribution is -2.64. The lowest BCUT2D eigenvalue weighted by Gasteiger charge is -2.41. The van der Waals surface area contributed by atoms with Gasteiger partial charge < -0.3 is 39.9 Å². The molecule has 0 saturated heterocycles. The van der Waals surface area contributed by atoms with Crippen LogP contribution in [-0.2, 0) is 27.9 Å². The van der Waals surface area contributed by atoms with Gasteiger partial charge in [0.25, 0.3) is 0 Å². The van der Waals surface area contributed by atoms with Crippen molar-refractivity contribution < 1.29 is 58.3 Å². The van der Waals surface area contributed by atoms with E-state index < -0.39 is 63.1 Å². The van der Waals surface area contributed by atoms with E-state index in [-0.39, 0.29) is 13.0 Å². The fraction of sp³-hybridized carbons (Fsp3) is 0.653. The fourth-order valence-corrected chi connectivity index (χ4v) is 7.24. The number of esters is 1. The van der Waals surface area contributed by atoms with Crippen molar-refractivity contribution in [2.45, 2.75) is 185 Å². The van der Waals surface area contributed by atoms with Crippen molar-refractivity contribution in [3.8, 4) is 0 Å². The Morgan fingerprint density at radius 3 is 1.47 bits per heavy atom. The van der Waals surface area contributed by atoms with Crippen molar-refractivity contribution >= 4 is 13.8 Å². The SMILES string of the molecule is CC/C=C\C/C=C\C/C=C\C/C=C\C/C=C\C/C=C\C/C=C\CCCC(=O)OC(COCCCCCCCC/C=C\CCCC)COP(=O)(O)OC1C(O)C(O)C(O)C(O)C1O. The number of phosphoric acid groups is 1. The smallest absolute Gasteiger partial charge is 0.457 e. The summed E-state index contributed by atoms with van der Waals surface area (Å²) in [7, 11) is -5.04. The minimum Gasteiger partial charge on any atom is -0.457 e. The average molecular weight is 893 g/mol. The van der Waals surface area contributed by atoms with Crippen molar-refractivity contribution in [3.63, 3.8) is 0 Å². The van der Waals surface area contributed by atoms with Crippen molar-refractivity contribution in [2.75, 3.05) is 19.8 Å². The molecule has 12 nitrogen and oxygen atoms in total. The van der Waals surface area contributed by atoms with E-state index in [0.717, 1.165) is 83.5 Å². The largest absolute Gasteiger partial charge is 0.472 e. The molecule has 1 saturated carbocycles. The zero-order valence-corrected chi connectivity index (χ0v) is 38.5. The van der Waals surface area contributed by atoms with Gasteiger partial charge in [-0.2, -0.15) is 0 Å². The van der Waals surface area contributed by atoms with Crippen LogP contribution in [0.4, 0.5) is 0 Å². The van der Waals surface area contributed by atoms with Crippen LogP contribution >= 0.6 is 7.82 Å². The molecule has 1 aliphatic carbocycles. The maximum Gasteiger partial charge on any atom is 0.472 e. The second kappa shape index (κ2) is 38.7. The number of unbranched alkanes of at least 4 members (excludes halogenated alkanes) is 9. The van der Waals surface area contributed by atoms with E-state index in [0.29, 0.717) is 19.4 Å². The molecule has 6 N–H and O–H groups in total. The van der Waals surface area contributed by atoms with E-state index >= 15 is 0 Å². The lowest BCUT2D eigenvalue weighted by atomic mass is 9.85. The van der Waals surface area contributed by atoms with Gasteiger partial charge >= 0.3 is 13.8 Å². The molecule has 0 amide bonds. The fourth-order valence-electron chi connectivity index (χ4n) is 6.26. The van der Waals surface area contributed by atoms with Crippen LogP contribution in [0.5, 0.6) is 0 Å². The quantitative estimate of drug-likeness (QED) is 0.0150. The normalized spacial score (nSPS) is 22.9. The third-order valence-electron chi connectivity index (χ3n) is 9.94. The highest BCUT2D eigenvalue weighted by atomic mass is 31.2. The second-order valence-corrected chi connectivity index (χ2v) is 16.9. The molecule has 0 aromatic carbocycles. The zero-order chi connectivity index (χ0) is 45.5. The van der Waals surface area contributed by atoms with E-state index in [4.69, 9.17) is 18.5 Å². The van der Waals surface area contributed by atoms with Gasteiger partial charge in [-0.3, -0.25) is 13.8 Å². The summed E-state index contributed by atoms with van der Waals surface area (Å²) >= 11 is 0. The molecule has 0 spiro atoms. The number of allylic oxidation sites excluding steroid dienone is 16. The van der Waals surface area contributed by atoms with E-state index in [2.05, 4.69) is 98.9 Å². The molecule has 0 bridgehead atoms. The highest BCUT2D eigenvalue weighted by molar-refractivity contribution is 7.47. The number of aliphatic hydroxyl groups is 5. The Labute approximate surface area is 373 Å². The number of carbonyl (C=O) groups is 1. The standard InChI is InChI=1S/C49H81O12P/c1-3-5-7-9-11-13-15-17-18-19-20-21-22-23-24-25-26-27-28-30-32-34-36-38-43(50)60-42(40-58-39-37-35-33-31-29-16-14-12-10-8-6-4-2)41-59-62(56,57)61-49-47(54)45(52)44(51)46(53)48(49)55/h5,7,10-13,17-18,20-21,23-24,26-27,30,32,42,44-49,51-55H,3-4,6,8-9,14-16,19,22,25,28-29,31,33-41H2,1-2H3,(H,56,57)/b7-5-,12-10-,13-11-,18-17-,21-20-,24-23-,27-26-,32-30-. The highest BCUT2D eigenvalue weighted by Crippen LogP contribution is 2.47. The van der Waals surface area contributed by atoms with Crippen LogP contribution in [0.25, 0.3) is 0 Å². The topological polar surface area (TPSA) is 192 Å². The van der Waals surface area contributed by atoms with Gasteiger partial charge in [0.05, 0.1) is 13.2 Å². The Morgan fingerprint density at radius 1 is 0.532 bits per heavy atom. The molecule has 354 valence electrons. The van der Waals surface area contributed by atoms with Crippen LogP contribution < -0.4 is 0 Å². The predicted molar refractivity (Wildman–Crippen MR) is 248 cm³/mol. The molecule has 0 heterocycles. The summed E-state index contributed by atoms with van der Waals surface area (Å²) in [5.74, 6) is -0.542. The first-order valence-corrected chi connectivity index (χ1v) is 24.6. The van der Waals surface area contributed by atoms with Gasteiger partial charge in [-0.25, -0.2) is 4.57 Å². The van der Waals surface area contributed by atoms with E-state index in [1.54, 1.807) is 0 Å². The number of hydrogen-bond donors (Lipinski definition) is 6. The number of ether oxygens (including phenoxy) is 2. The molecule has 6 atom stereocenters. The van der Waals surface area contributed by atoms with Gasteiger partial charge in [-0.1, -0.05) is 150 Å². The van der Waals surface area contributed by atoms with Gasteiger partial charge in [0, 0.05) is 13.0 Å². The van der Waals surface area contributed by atoms with Crippen LogP contribution in [-0.4, -0.2) is 98.9 Å². The second-order valence-electron chi connectivity index (χ2n) is 15.5. The zero-order valence-electron chi connectivity index (χ0n) is 37.6. The van der Waals surface area contributed by atoms with Crippen molar-refractivity contribution in [1.29, 1.82) is 0 Å². The third kappa shape index (κ3) is 30.4. The van der Waals surface area contributed by atoms with Gasteiger partial charge in [-0.05, 0) is 83.5 Å². The highest BCUT2D eigenvalue weighted by Gasteiger charge is 2.51. The van der Waals surface area contributed by atoms with Crippen molar-refractivity contribution in [3.05, 3.63) is 97.2 Å². The summed E-state index contributed by atoms with van der Waals surface area (Å²) < 4.78 is 34.1. The van der Waals surface area contributed by atoms with Crippen LogP contribution in [0.3, 0.4) is 0 Å². The van der Waals surface area contributed by atoms with Crippen LogP contribution in [0.15, 0.2) is 97.2 Å². The summed E-state index contributed by atoms with van der Waals surface area (Å²) in [6, 6.07) is 0. The molecule has 1 aliphatic rings. The molecular formula is C49H81O12P. The number of hydrogen-bond acceptors (Lipinski definition) is 11. The third-order valence-corrected chi connectivity index (χ3v) is 10.9. The van der Waals surface area contributed by atoms with Gasteiger partial charge in [0.2, 0.25) is 0 Å². The monoisotopic (exact) mass is 893 g/mol. The first-order chi connectivity index (χ1) is 30.0. The van der Waals surface area contributed by atoms with Crippen LogP contribution in [0, 0.1) is 0 Å². The Kier molecular flexibility index (Phi) is 35.7. The predicted octanol–water partition coefficient (Wildman–Crippen LogP) is 9.53. The Hall–Kier alpha value is -2.74. The molecule has 0 aromatic rings. The molecule has 13 heteroatoms. The lowest BCUT2D eigenvalue weighted by molar-refractivity contribution is -0.220. The minimum absolute atomic E-state index is 0.0983. The first-order valence-electron chi connectivity index (χ1n) is 23.1. The maximum atomic E-state index is 12.8. The molecule has 62 heavy (non-hydrogen) atoms. The minimum atomic E-state index is -5.04. The van der Waals surface area contributed by atoms with Crippen LogP contribution in [0.2, 0.25) is 0 Å². The van der Waals surface area contributed by atoms with Crippen LogP contribution in [0.1, 0.15) is 142 Å². The van der Waals surface area contributed by atoms with E-state index in [1.165, 1.54) is 25.7 Å². The summed E-state index contributed by atoms with van der Waals surface area (Å²) in [5.41, 5.74) is 0. The maximum absolute atomic E-state index is 12.8. The molecule has 1 fully saturated rings. The summed E-state index contributed by atoms with van der Waals surface area (Å²) in [4.78, 5) is 23.1. The Morgan fingerprint density at radius 2 is 0.952 bits per heavy atom. The molecular weight excluding hydrogens is 812 g/mol. The molecule has 0 aromatic heterocycles. The van der Waals surface area contributed by atoms with Crippen molar-refractivity contribution in [1.82, 2.24) is 0 Å². The number of aliphatic hydroxyl groups excluding tert-OH is 5. The van der Waals surface area contributed by atoms with Crippen molar-refractivity contribution in [2.24, 2.45) is 0 Å². The number of phosphoric ester groups is 1. The van der Waals surface area contributed by atoms with E-state index in [1.807, 2.05) is 12.2 Å². The summed E-state index contributed by atoms with van der Waals surface area (Å²) in [6.45, 7) is 4.01. The Bertz CT molecular complexity index is 1390. The average Bonchev–Trinajstić information content (AvgIpc) is 3.26. The van der Waals surface area contributed by atoms with E-state index in [9.17, 15) is 39.8 Å². The molecule has 0 radical (unpaired) electrons. The van der Waals surface area contributed by atoms with Gasteiger partial charge in [0.15, 0.2) is 0 Å². The van der Waals surface area contributed by atoms with Gasteiger partial charge in [-0.15, -0.1) is 0 Å². The molecule has 1 rings (SSSR count). The first kappa shape index (κ1) is 57.3.